The molecule has 0 N–H and O–H groups in total. The lowest BCUT2D eigenvalue weighted by atomic mass is 9.92. The van der Waals surface area contributed by atoms with Gasteiger partial charge < -0.3 is 0 Å². The molecule has 0 bridgehead atoms. The maximum Gasteiger partial charge on any atom is -0.00254 e. The Labute approximate surface area is 123 Å². The second-order valence-electron chi connectivity index (χ2n) is 5.92. The molecule has 0 atom stereocenters. The standard InChI is InChI=1S/C20H26/c1-6-19-12-18(13-20(7-2)16(19)5)11-17-9-14(3)8-15(4)10-17/h8-10,12-13H,6-7,11H2,1-5H3. The smallest absolute Gasteiger partial charge is 0.00254 e. The van der Waals surface area contributed by atoms with E-state index in [9.17, 15) is 0 Å². The summed E-state index contributed by atoms with van der Waals surface area (Å²) in [5, 5.41) is 0. The first-order valence-corrected chi connectivity index (χ1v) is 7.72. The van der Waals surface area contributed by atoms with Crippen LogP contribution in [-0.2, 0) is 19.3 Å². The number of aryl methyl sites for hydroxylation is 4. The minimum absolute atomic E-state index is 1.04. The van der Waals surface area contributed by atoms with E-state index >= 15 is 0 Å². The van der Waals surface area contributed by atoms with Crippen molar-refractivity contribution >= 4 is 0 Å². The summed E-state index contributed by atoms with van der Waals surface area (Å²) in [6.07, 6.45) is 3.29. The molecule has 0 nitrogen and oxygen atoms in total. The van der Waals surface area contributed by atoms with Crippen molar-refractivity contribution < 1.29 is 0 Å². The lowest BCUT2D eigenvalue weighted by Gasteiger charge is -2.13. The summed E-state index contributed by atoms with van der Waals surface area (Å²) in [7, 11) is 0. The molecule has 0 unspecified atom stereocenters. The van der Waals surface area contributed by atoms with E-state index in [1.165, 1.54) is 38.9 Å². The Morgan fingerprint density at radius 3 is 1.55 bits per heavy atom. The Balaban J connectivity index is 2.38. The first-order valence-electron chi connectivity index (χ1n) is 7.72. The van der Waals surface area contributed by atoms with Crippen LogP contribution < -0.4 is 0 Å². The minimum Gasteiger partial charge on any atom is -0.0613 e. The second-order valence-corrected chi connectivity index (χ2v) is 5.92. The van der Waals surface area contributed by atoms with Crippen molar-refractivity contribution in [3.8, 4) is 0 Å². The highest BCUT2D eigenvalue weighted by Gasteiger charge is 2.06. The van der Waals surface area contributed by atoms with Gasteiger partial charge >= 0.3 is 0 Å². The van der Waals surface area contributed by atoms with Gasteiger partial charge in [-0.25, -0.2) is 0 Å². The lowest BCUT2D eigenvalue weighted by Crippen LogP contribution is -1.99. The van der Waals surface area contributed by atoms with Crippen LogP contribution in [0.3, 0.4) is 0 Å². The summed E-state index contributed by atoms with van der Waals surface area (Å²) in [6, 6.07) is 11.7. The molecule has 2 rings (SSSR count). The summed E-state index contributed by atoms with van der Waals surface area (Å²) in [5.41, 5.74) is 10.1. The summed E-state index contributed by atoms with van der Waals surface area (Å²) in [4.78, 5) is 0. The van der Waals surface area contributed by atoms with E-state index in [0.29, 0.717) is 0 Å². The van der Waals surface area contributed by atoms with E-state index in [0.717, 1.165) is 19.3 Å². The van der Waals surface area contributed by atoms with E-state index in [4.69, 9.17) is 0 Å². The van der Waals surface area contributed by atoms with Crippen LogP contribution in [0.2, 0.25) is 0 Å². The molecule has 0 amide bonds. The number of hydrogen-bond acceptors (Lipinski definition) is 0. The quantitative estimate of drug-likeness (QED) is 0.702. The maximum absolute atomic E-state index is 2.40. The Morgan fingerprint density at radius 2 is 1.10 bits per heavy atom. The predicted octanol–water partition coefficient (Wildman–Crippen LogP) is 5.33. The molecule has 0 aromatic heterocycles. The van der Waals surface area contributed by atoms with Crippen LogP contribution in [-0.4, -0.2) is 0 Å². The average Bonchev–Trinajstić information content (AvgIpc) is 2.39. The van der Waals surface area contributed by atoms with Gasteiger partial charge in [0.2, 0.25) is 0 Å². The molecule has 0 saturated carbocycles. The summed E-state index contributed by atoms with van der Waals surface area (Å²) < 4.78 is 0. The Hall–Kier alpha value is -1.56. The van der Waals surface area contributed by atoms with Gasteiger partial charge in [0.05, 0.1) is 0 Å². The van der Waals surface area contributed by atoms with Crippen molar-refractivity contribution in [1.29, 1.82) is 0 Å². The molecule has 0 heteroatoms. The fourth-order valence-corrected chi connectivity index (χ4v) is 3.16. The van der Waals surface area contributed by atoms with Crippen LogP contribution in [0.4, 0.5) is 0 Å². The summed E-state index contributed by atoms with van der Waals surface area (Å²) >= 11 is 0. The fraction of sp³-hybridized carbons (Fsp3) is 0.400. The van der Waals surface area contributed by atoms with E-state index in [-0.39, 0.29) is 0 Å². The number of benzene rings is 2. The Kier molecular flexibility index (Phi) is 4.65. The number of rotatable bonds is 4. The highest BCUT2D eigenvalue weighted by Crippen LogP contribution is 2.21. The zero-order valence-corrected chi connectivity index (χ0v) is 13.5. The SMILES string of the molecule is CCc1cc(Cc2cc(C)cc(C)c2)cc(CC)c1C. The van der Waals surface area contributed by atoms with E-state index in [1.54, 1.807) is 0 Å². The van der Waals surface area contributed by atoms with Crippen LogP contribution in [0, 0.1) is 20.8 Å². The van der Waals surface area contributed by atoms with Crippen LogP contribution >= 0.6 is 0 Å². The van der Waals surface area contributed by atoms with Gasteiger partial charge in [-0.2, -0.15) is 0 Å². The normalized spacial score (nSPS) is 10.8. The van der Waals surface area contributed by atoms with Gasteiger partial charge in [-0.05, 0) is 67.9 Å². The minimum atomic E-state index is 1.04. The van der Waals surface area contributed by atoms with Gasteiger partial charge in [0, 0.05) is 0 Å². The van der Waals surface area contributed by atoms with E-state index in [1.807, 2.05) is 0 Å². The van der Waals surface area contributed by atoms with Gasteiger partial charge in [0.1, 0.15) is 0 Å². The van der Waals surface area contributed by atoms with Gasteiger partial charge in [-0.15, -0.1) is 0 Å². The molecule has 20 heavy (non-hydrogen) atoms. The largest absolute Gasteiger partial charge is 0.0613 e. The van der Waals surface area contributed by atoms with Gasteiger partial charge in [-0.3, -0.25) is 0 Å². The maximum atomic E-state index is 2.40. The average molecular weight is 266 g/mol. The van der Waals surface area contributed by atoms with E-state index < -0.39 is 0 Å². The predicted molar refractivity (Wildman–Crippen MR) is 88.7 cm³/mol. The Morgan fingerprint density at radius 1 is 0.650 bits per heavy atom. The fourth-order valence-electron chi connectivity index (χ4n) is 3.16. The van der Waals surface area contributed by atoms with Crippen LogP contribution in [0.5, 0.6) is 0 Å². The Bertz CT molecular complexity index is 560. The molecule has 0 heterocycles. The van der Waals surface area contributed by atoms with Crippen molar-refractivity contribution in [1.82, 2.24) is 0 Å². The van der Waals surface area contributed by atoms with Crippen molar-refractivity contribution in [2.45, 2.75) is 53.9 Å². The monoisotopic (exact) mass is 266 g/mol. The molecule has 0 radical (unpaired) electrons. The summed E-state index contributed by atoms with van der Waals surface area (Å²) in [6.45, 7) is 11.1. The van der Waals surface area contributed by atoms with Gasteiger partial charge in [0.15, 0.2) is 0 Å². The first-order chi connectivity index (χ1) is 9.53. The van der Waals surface area contributed by atoms with Gasteiger partial charge in [0.25, 0.3) is 0 Å². The topological polar surface area (TPSA) is 0 Å². The van der Waals surface area contributed by atoms with Crippen molar-refractivity contribution in [2.75, 3.05) is 0 Å². The first kappa shape index (κ1) is 14.8. The highest BCUT2D eigenvalue weighted by atomic mass is 14.1. The molecule has 0 aliphatic carbocycles. The molecule has 2 aromatic carbocycles. The van der Waals surface area contributed by atoms with Crippen molar-refractivity contribution in [2.24, 2.45) is 0 Å². The lowest BCUT2D eigenvalue weighted by molar-refractivity contribution is 1.02. The molecule has 2 aromatic rings. The third kappa shape index (κ3) is 3.30. The van der Waals surface area contributed by atoms with Crippen molar-refractivity contribution in [3.63, 3.8) is 0 Å². The molecule has 0 aliphatic heterocycles. The molecule has 0 spiro atoms. The molecule has 0 saturated heterocycles. The molecule has 0 fully saturated rings. The van der Waals surface area contributed by atoms with E-state index in [2.05, 4.69) is 65.0 Å². The number of hydrogen-bond donors (Lipinski definition) is 0. The van der Waals surface area contributed by atoms with Crippen LogP contribution in [0.15, 0.2) is 30.3 Å². The summed E-state index contributed by atoms with van der Waals surface area (Å²) in [5.74, 6) is 0. The second kappa shape index (κ2) is 6.26. The molecule has 0 aliphatic rings. The third-order valence-corrected chi connectivity index (χ3v) is 4.13. The molecular weight excluding hydrogens is 240 g/mol. The van der Waals surface area contributed by atoms with Gasteiger partial charge in [-0.1, -0.05) is 55.3 Å². The third-order valence-electron chi connectivity index (χ3n) is 4.13. The van der Waals surface area contributed by atoms with Crippen molar-refractivity contribution in [3.05, 3.63) is 69.3 Å². The van der Waals surface area contributed by atoms with Crippen LogP contribution in [0.1, 0.15) is 52.8 Å². The molecule has 106 valence electrons. The van der Waals surface area contributed by atoms with Crippen LogP contribution in [0.25, 0.3) is 0 Å². The highest BCUT2D eigenvalue weighted by molar-refractivity contribution is 5.41. The zero-order chi connectivity index (χ0) is 14.7. The zero-order valence-electron chi connectivity index (χ0n) is 13.5. The molecular formula is C20H26.